The van der Waals surface area contributed by atoms with Crippen molar-refractivity contribution in [1.29, 1.82) is 0 Å². The van der Waals surface area contributed by atoms with Crippen molar-refractivity contribution in [3.8, 4) is 0 Å². The van der Waals surface area contributed by atoms with E-state index in [2.05, 4.69) is 0 Å². The predicted molar refractivity (Wildman–Crippen MR) is 38.5 cm³/mol. The van der Waals surface area contributed by atoms with Crippen LogP contribution in [-0.2, 0) is 4.79 Å². The first kappa shape index (κ1) is 5.96. The minimum Gasteiger partial charge on any atom is -0.332 e. The Morgan fingerprint density at radius 2 is 2.50 bits per heavy atom. The number of carbonyl (C=O) groups excluding carboxylic acids is 1. The Balaban J connectivity index is 2.23. The minimum atomic E-state index is 0.269. The van der Waals surface area contributed by atoms with E-state index in [0.717, 1.165) is 12.1 Å². The van der Waals surface area contributed by atoms with Crippen LogP contribution in [0.4, 0.5) is 0 Å². The number of β-lactam (4-membered cyclic amide) rings is 1. The number of allylic oxidation sites excluding steroid dienone is 1. The maximum Gasteiger partial charge on any atom is 0.252 e. The van der Waals surface area contributed by atoms with Gasteiger partial charge in [-0.15, -0.1) is 0 Å². The first-order valence-corrected chi connectivity index (χ1v) is 3.82. The molecule has 2 heteroatoms. The van der Waals surface area contributed by atoms with Gasteiger partial charge in [-0.3, -0.25) is 4.79 Å². The van der Waals surface area contributed by atoms with Crippen LogP contribution >= 0.6 is 0 Å². The van der Waals surface area contributed by atoms with E-state index >= 15 is 0 Å². The molecule has 1 amide bonds. The highest BCUT2D eigenvalue weighted by Gasteiger charge is 2.43. The molecule has 0 spiro atoms. The zero-order valence-electron chi connectivity index (χ0n) is 6.13. The van der Waals surface area contributed by atoms with Crippen molar-refractivity contribution in [3.63, 3.8) is 0 Å². The molecule has 2 aliphatic heterocycles. The summed E-state index contributed by atoms with van der Waals surface area (Å²) in [6.07, 6.45) is 4.33. The summed E-state index contributed by atoms with van der Waals surface area (Å²) in [6, 6.07) is 0.498. The van der Waals surface area contributed by atoms with Gasteiger partial charge in [0, 0.05) is 12.1 Å². The first-order valence-electron chi connectivity index (χ1n) is 3.82. The third kappa shape index (κ3) is 0.516. The number of amides is 1. The lowest BCUT2D eigenvalue weighted by Crippen LogP contribution is -2.50. The largest absolute Gasteiger partial charge is 0.332 e. The Hall–Kier alpha value is -0.790. The van der Waals surface area contributed by atoms with E-state index in [1.54, 1.807) is 0 Å². The number of hydrogen-bond donors (Lipinski definition) is 0. The molecule has 2 heterocycles. The van der Waals surface area contributed by atoms with E-state index < -0.39 is 0 Å². The van der Waals surface area contributed by atoms with Crippen LogP contribution in [0.3, 0.4) is 0 Å². The highest BCUT2D eigenvalue weighted by atomic mass is 16.2. The van der Waals surface area contributed by atoms with E-state index in [-0.39, 0.29) is 5.91 Å². The lowest BCUT2D eigenvalue weighted by Gasteiger charge is -2.37. The van der Waals surface area contributed by atoms with Gasteiger partial charge in [0.25, 0.3) is 5.91 Å². The molecule has 0 unspecified atom stereocenters. The molecule has 54 valence electrons. The average molecular weight is 137 g/mol. The molecule has 0 aliphatic carbocycles. The molecule has 10 heavy (non-hydrogen) atoms. The lowest BCUT2D eigenvalue weighted by atomic mass is 9.96. The van der Waals surface area contributed by atoms with Crippen LogP contribution in [0.2, 0.25) is 0 Å². The second kappa shape index (κ2) is 1.84. The third-order valence-corrected chi connectivity index (χ3v) is 2.43. The van der Waals surface area contributed by atoms with Crippen molar-refractivity contribution >= 4 is 5.91 Å². The molecule has 2 rings (SSSR count). The highest BCUT2D eigenvalue weighted by molar-refractivity contribution is 6.02. The number of carbonyl (C=O) groups is 1. The van der Waals surface area contributed by atoms with Crippen LogP contribution in [-0.4, -0.2) is 23.4 Å². The van der Waals surface area contributed by atoms with Gasteiger partial charge in [-0.2, -0.15) is 0 Å². The van der Waals surface area contributed by atoms with Gasteiger partial charge in [0.2, 0.25) is 0 Å². The molecular formula is C8H11NO. The number of nitrogens with zero attached hydrogens (tertiary/aromatic N) is 1. The Morgan fingerprint density at radius 1 is 1.70 bits per heavy atom. The molecule has 0 N–H and O–H groups in total. The van der Waals surface area contributed by atoms with Crippen LogP contribution in [0.1, 0.15) is 19.8 Å². The monoisotopic (exact) mass is 137 g/mol. The fourth-order valence-electron chi connectivity index (χ4n) is 1.89. The fraction of sp³-hybridized carbons (Fsp3) is 0.625. The van der Waals surface area contributed by atoms with Crippen LogP contribution in [0.5, 0.6) is 0 Å². The van der Waals surface area contributed by atoms with E-state index in [0.29, 0.717) is 6.04 Å². The quantitative estimate of drug-likeness (QED) is 0.359. The summed E-state index contributed by atoms with van der Waals surface area (Å²) in [7, 11) is 0. The van der Waals surface area contributed by atoms with Crippen LogP contribution in [0, 0.1) is 0 Å². The molecule has 2 fully saturated rings. The Bertz CT molecular complexity index is 207. The van der Waals surface area contributed by atoms with Crippen molar-refractivity contribution in [1.82, 2.24) is 4.90 Å². The second-order valence-electron chi connectivity index (χ2n) is 2.90. The van der Waals surface area contributed by atoms with Crippen LogP contribution in [0.15, 0.2) is 11.6 Å². The average Bonchev–Trinajstić information content (AvgIpc) is 2.33. The van der Waals surface area contributed by atoms with Gasteiger partial charge >= 0.3 is 0 Å². The van der Waals surface area contributed by atoms with Gasteiger partial charge in [0.05, 0.1) is 6.04 Å². The molecule has 0 aromatic rings. The topological polar surface area (TPSA) is 20.3 Å². The van der Waals surface area contributed by atoms with Crippen molar-refractivity contribution in [3.05, 3.63) is 11.6 Å². The maximum absolute atomic E-state index is 11.1. The summed E-state index contributed by atoms with van der Waals surface area (Å²) >= 11 is 0. The van der Waals surface area contributed by atoms with Gasteiger partial charge < -0.3 is 4.90 Å². The molecule has 2 nitrogen and oxygen atoms in total. The van der Waals surface area contributed by atoms with Crippen molar-refractivity contribution in [2.45, 2.75) is 25.8 Å². The molecule has 2 saturated heterocycles. The van der Waals surface area contributed by atoms with Crippen molar-refractivity contribution in [2.24, 2.45) is 0 Å². The molecule has 1 atom stereocenters. The standard InChI is InChI=1S/C8H11NO/c1-2-6-7-4-3-5-9(7)8(6)10/h2,7H,3-5H2,1H3/b6-2-/t7-/m1/s1. The van der Waals surface area contributed by atoms with Crippen LogP contribution < -0.4 is 0 Å². The Kier molecular flexibility index (Phi) is 1.10. The smallest absolute Gasteiger partial charge is 0.252 e. The summed E-state index contributed by atoms with van der Waals surface area (Å²) in [6.45, 7) is 2.93. The summed E-state index contributed by atoms with van der Waals surface area (Å²) < 4.78 is 0. The van der Waals surface area contributed by atoms with Crippen LogP contribution in [0.25, 0.3) is 0 Å². The lowest BCUT2D eigenvalue weighted by molar-refractivity contribution is -0.134. The third-order valence-electron chi connectivity index (χ3n) is 2.43. The summed E-state index contributed by atoms with van der Waals surface area (Å²) in [4.78, 5) is 13.1. The molecule has 0 aromatic carbocycles. The van der Waals surface area contributed by atoms with Gasteiger partial charge in [-0.25, -0.2) is 0 Å². The van der Waals surface area contributed by atoms with E-state index in [9.17, 15) is 4.79 Å². The SMILES string of the molecule is C/C=C1\C(=O)N2CCC[C@H]12. The first-order chi connectivity index (χ1) is 4.84. The summed E-state index contributed by atoms with van der Waals surface area (Å²) in [5.74, 6) is 0.269. The van der Waals surface area contributed by atoms with Gasteiger partial charge in [-0.1, -0.05) is 6.08 Å². The zero-order valence-corrected chi connectivity index (χ0v) is 6.13. The number of hydrogen-bond acceptors (Lipinski definition) is 1. The normalized spacial score (nSPS) is 34.5. The number of fused-ring (bicyclic) bond motifs is 1. The molecule has 0 radical (unpaired) electrons. The number of rotatable bonds is 0. The molecule has 0 aromatic heterocycles. The van der Waals surface area contributed by atoms with E-state index in [1.807, 2.05) is 17.9 Å². The zero-order chi connectivity index (χ0) is 7.14. The van der Waals surface area contributed by atoms with E-state index in [4.69, 9.17) is 0 Å². The Labute approximate surface area is 60.5 Å². The van der Waals surface area contributed by atoms with Crippen molar-refractivity contribution < 1.29 is 4.79 Å². The van der Waals surface area contributed by atoms with Gasteiger partial charge in [0.1, 0.15) is 0 Å². The van der Waals surface area contributed by atoms with Gasteiger partial charge in [-0.05, 0) is 19.8 Å². The minimum absolute atomic E-state index is 0.269. The highest BCUT2D eigenvalue weighted by Crippen LogP contribution is 2.34. The molecule has 0 saturated carbocycles. The van der Waals surface area contributed by atoms with Crippen molar-refractivity contribution in [2.75, 3.05) is 6.54 Å². The van der Waals surface area contributed by atoms with Gasteiger partial charge in [0.15, 0.2) is 0 Å². The molecule has 0 bridgehead atoms. The molecular weight excluding hydrogens is 126 g/mol. The predicted octanol–water partition coefficient (Wildman–Crippen LogP) is 0.937. The maximum atomic E-state index is 11.1. The summed E-state index contributed by atoms with van der Waals surface area (Å²) in [5, 5.41) is 0. The Morgan fingerprint density at radius 3 is 3.20 bits per heavy atom. The fourth-order valence-corrected chi connectivity index (χ4v) is 1.89. The molecule has 2 aliphatic rings. The van der Waals surface area contributed by atoms with E-state index in [1.165, 1.54) is 12.8 Å². The summed E-state index contributed by atoms with van der Waals surface area (Å²) in [5.41, 5.74) is 1.04. The second-order valence-corrected chi connectivity index (χ2v) is 2.90.